The van der Waals surface area contributed by atoms with Crippen molar-refractivity contribution in [2.75, 3.05) is 0 Å². The summed E-state index contributed by atoms with van der Waals surface area (Å²) >= 11 is 0. The summed E-state index contributed by atoms with van der Waals surface area (Å²) in [5.74, 6) is -1.52. The number of amides is 2. The summed E-state index contributed by atoms with van der Waals surface area (Å²) in [4.78, 5) is 37.5. The summed E-state index contributed by atoms with van der Waals surface area (Å²) in [6, 6.07) is 6.07. The molecule has 0 saturated heterocycles. The molecule has 24 heavy (non-hydrogen) atoms. The van der Waals surface area contributed by atoms with Gasteiger partial charge in [0.25, 0.3) is 0 Å². The molecule has 0 fully saturated rings. The summed E-state index contributed by atoms with van der Waals surface area (Å²) in [7, 11) is 0. The second-order valence-corrected chi connectivity index (χ2v) is 6.66. The molecule has 130 valence electrons. The first-order valence-corrected chi connectivity index (χ1v) is 8.16. The van der Waals surface area contributed by atoms with Crippen molar-refractivity contribution in [2.24, 2.45) is 5.92 Å². The lowest BCUT2D eigenvalue weighted by Crippen LogP contribution is -2.55. The highest BCUT2D eigenvalue weighted by Gasteiger charge is 2.34. The Morgan fingerprint density at radius 3 is 2.42 bits per heavy atom. The third kappa shape index (κ3) is 4.13. The first-order valence-electron chi connectivity index (χ1n) is 8.16. The third-order valence-electron chi connectivity index (χ3n) is 4.28. The van der Waals surface area contributed by atoms with E-state index in [2.05, 4.69) is 5.32 Å². The minimum atomic E-state index is -1.05. The average Bonchev–Trinajstić information content (AvgIpc) is 2.52. The van der Waals surface area contributed by atoms with E-state index in [1.165, 1.54) is 11.8 Å². The van der Waals surface area contributed by atoms with Gasteiger partial charge in [-0.2, -0.15) is 0 Å². The molecule has 1 aromatic carbocycles. The van der Waals surface area contributed by atoms with Gasteiger partial charge in [-0.25, -0.2) is 4.79 Å². The van der Waals surface area contributed by atoms with Crippen LogP contribution in [0.4, 0.5) is 0 Å². The molecule has 1 aromatic rings. The molecule has 0 bridgehead atoms. The lowest BCUT2D eigenvalue weighted by molar-refractivity contribution is -0.145. The van der Waals surface area contributed by atoms with Gasteiger partial charge in [-0.3, -0.25) is 9.59 Å². The predicted octanol–water partition coefficient (Wildman–Crippen LogP) is 1.58. The van der Waals surface area contributed by atoms with E-state index in [4.69, 9.17) is 0 Å². The van der Waals surface area contributed by atoms with Gasteiger partial charge in [0.15, 0.2) is 0 Å². The molecule has 6 heteroatoms. The van der Waals surface area contributed by atoms with Crippen LogP contribution in [0.25, 0.3) is 0 Å². The minimum absolute atomic E-state index is 0.141. The fraction of sp³-hybridized carbons (Fsp3) is 0.500. The summed E-state index contributed by atoms with van der Waals surface area (Å²) in [6.07, 6.45) is 0.750. The number of carboxylic acid groups (broad SMARTS) is 1. The van der Waals surface area contributed by atoms with Crippen molar-refractivity contribution < 1.29 is 19.5 Å². The van der Waals surface area contributed by atoms with E-state index in [1.807, 2.05) is 38.1 Å². The fourth-order valence-electron chi connectivity index (χ4n) is 3.05. The lowest BCUT2D eigenvalue weighted by atomic mass is 9.93. The fourth-order valence-corrected chi connectivity index (χ4v) is 3.05. The van der Waals surface area contributed by atoms with Gasteiger partial charge in [-0.1, -0.05) is 38.1 Å². The summed E-state index contributed by atoms with van der Waals surface area (Å²) in [6.45, 7) is 5.60. The van der Waals surface area contributed by atoms with Crippen LogP contribution in [0.5, 0.6) is 0 Å². The molecule has 1 unspecified atom stereocenters. The Morgan fingerprint density at radius 1 is 1.25 bits per heavy atom. The lowest BCUT2D eigenvalue weighted by Gasteiger charge is -2.36. The van der Waals surface area contributed by atoms with Gasteiger partial charge in [0, 0.05) is 19.9 Å². The van der Waals surface area contributed by atoms with Gasteiger partial charge >= 0.3 is 5.97 Å². The summed E-state index contributed by atoms with van der Waals surface area (Å²) in [5, 5.41) is 11.9. The van der Waals surface area contributed by atoms with Crippen LogP contribution in [0.15, 0.2) is 24.3 Å². The first kappa shape index (κ1) is 18.0. The normalized spacial score (nSPS) is 18.0. The Balaban J connectivity index is 2.19. The summed E-state index contributed by atoms with van der Waals surface area (Å²) in [5.41, 5.74) is 2.04. The number of hydrogen-bond donors (Lipinski definition) is 2. The van der Waals surface area contributed by atoms with Crippen molar-refractivity contribution in [3.05, 3.63) is 35.4 Å². The Kier molecular flexibility index (Phi) is 5.59. The Labute approximate surface area is 141 Å². The molecule has 2 amide bonds. The van der Waals surface area contributed by atoms with Crippen molar-refractivity contribution in [3.8, 4) is 0 Å². The number of benzene rings is 1. The molecular weight excluding hydrogens is 308 g/mol. The van der Waals surface area contributed by atoms with Crippen molar-refractivity contribution in [2.45, 2.75) is 52.2 Å². The molecule has 1 aliphatic rings. The zero-order valence-electron chi connectivity index (χ0n) is 14.3. The van der Waals surface area contributed by atoms with Gasteiger partial charge in [0.1, 0.15) is 12.1 Å². The highest BCUT2D eigenvalue weighted by Crippen LogP contribution is 2.23. The molecule has 6 nitrogen and oxygen atoms in total. The number of nitrogens with one attached hydrogen (secondary N) is 1. The van der Waals surface area contributed by atoms with Gasteiger partial charge in [-0.05, 0) is 23.5 Å². The summed E-state index contributed by atoms with van der Waals surface area (Å²) < 4.78 is 0. The van der Waals surface area contributed by atoms with Crippen molar-refractivity contribution >= 4 is 17.8 Å². The Morgan fingerprint density at radius 2 is 1.88 bits per heavy atom. The smallest absolute Gasteiger partial charge is 0.326 e. The molecule has 2 N–H and O–H groups in total. The van der Waals surface area contributed by atoms with E-state index in [0.717, 1.165) is 11.1 Å². The van der Waals surface area contributed by atoms with Crippen molar-refractivity contribution in [1.29, 1.82) is 0 Å². The van der Waals surface area contributed by atoms with Crippen LogP contribution in [-0.2, 0) is 27.3 Å². The number of carbonyl (C=O) groups excluding carboxylic acids is 2. The maximum absolute atomic E-state index is 12.7. The van der Waals surface area contributed by atoms with Crippen LogP contribution >= 0.6 is 0 Å². The van der Waals surface area contributed by atoms with Gasteiger partial charge < -0.3 is 15.3 Å². The zero-order valence-corrected chi connectivity index (χ0v) is 14.3. The maximum Gasteiger partial charge on any atom is 0.326 e. The molecule has 0 aromatic heterocycles. The number of aliphatic carboxylic acids is 1. The van der Waals surface area contributed by atoms with E-state index >= 15 is 0 Å². The predicted molar refractivity (Wildman–Crippen MR) is 89.2 cm³/mol. The van der Waals surface area contributed by atoms with E-state index in [0.29, 0.717) is 19.4 Å². The quantitative estimate of drug-likeness (QED) is 0.857. The van der Waals surface area contributed by atoms with Crippen LogP contribution < -0.4 is 5.32 Å². The molecule has 2 atom stereocenters. The molecule has 2 rings (SSSR count). The van der Waals surface area contributed by atoms with Gasteiger partial charge in [0.05, 0.1) is 0 Å². The van der Waals surface area contributed by atoms with E-state index in [9.17, 15) is 19.5 Å². The highest BCUT2D eigenvalue weighted by atomic mass is 16.4. The highest BCUT2D eigenvalue weighted by molar-refractivity contribution is 5.90. The number of fused-ring (bicyclic) bond motifs is 1. The largest absolute Gasteiger partial charge is 0.480 e. The van der Waals surface area contributed by atoms with Gasteiger partial charge in [-0.15, -0.1) is 0 Å². The molecule has 0 spiro atoms. The topological polar surface area (TPSA) is 86.7 Å². The van der Waals surface area contributed by atoms with E-state index < -0.39 is 24.0 Å². The Hall–Kier alpha value is -2.37. The molecule has 0 saturated carbocycles. The third-order valence-corrected chi connectivity index (χ3v) is 4.28. The zero-order chi connectivity index (χ0) is 17.9. The van der Waals surface area contributed by atoms with E-state index in [1.54, 1.807) is 0 Å². The van der Waals surface area contributed by atoms with Crippen LogP contribution in [0.1, 0.15) is 38.3 Å². The average molecular weight is 332 g/mol. The number of rotatable bonds is 5. The molecule has 0 aliphatic carbocycles. The van der Waals surface area contributed by atoms with E-state index in [-0.39, 0.29) is 11.8 Å². The molecule has 1 heterocycles. The number of carboxylic acids is 1. The minimum Gasteiger partial charge on any atom is -0.480 e. The molecule has 0 radical (unpaired) electrons. The van der Waals surface area contributed by atoms with Crippen LogP contribution in [0.3, 0.4) is 0 Å². The molecule has 1 aliphatic heterocycles. The number of hydrogen-bond acceptors (Lipinski definition) is 3. The second kappa shape index (κ2) is 7.47. The second-order valence-electron chi connectivity index (χ2n) is 6.66. The Bertz CT molecular complexity index is 642. The first-order chi connectivity index (χ1) is 11.3. The van der Waals surface area contributed by atoms with Gasteiger partial charge in [0.2, 0.25) is 11.8 Å². The number of nitrogens with zero attached hydrogens (tertiary/aromatic N) is 1. The molecular formula is C18H24N2O4. The van der Waals surface area contributed by atoms with Crippen LogP contribution in [-0.4, -0.2) is 39.9 Å². The van der Waals surface area contributed by atoms with Crippen LogP contribution in [0, 0.1) is 5.92 Å². The van der Waals surface area contributed by atoms with Crippen LogP contribution in [0.2, 0.25) is 0 Å². The SMILES string of the molecule is CC(=O)N1Cc2ccccc2CC1C(=O)N[C@@H](CC(C)C)C(=O)O. The number of carbonyl (C=O) groups is 3. The monoisotopic (exact) mass is 332 g/mol. The van der Waals surface area contributed by atoms with Crippen molar-refractivity contribution in [1.82, 2.24) is 10.2 Å². The maximum atomic E-state index is 12.7. The standard InChI is InChI=1S/C18H24N2O4/c1-11(2)8-15(18(23)24)19-17(22)16-9-13-6-4-5-7-14(13)10-20(16)12(3)21/h4-7,11,15-16H,8-10H2,1-3H3,(H,19,22)(H,23,24)/t15-,16?/m0/s1. The van der Waals surface area contributed by atoms with Crippen molar-refractivity contribution in [3.63, 3.8) is 0 Å².